The topological polar surface area (TPSA) is 43.4 Å². The van der Waals surface area contributed by atoms with E-state index in [9.17, 15) is 9.59 Å². The van der Waals surface area contributed by atoms with E-state index < -0.39 is 0 Å². The number of thioether (sulfide) groups is 1. The number of hydrogen-bond donors (Lipinski definition) is 0. The molecule has 0 spiro atoms. The highest BCUT2D eigenvalue weighted by molar-refractivity contribution is 8.14. The quantitative estimate of drug-likeness (QED) is 0.574. The average molecular weight is 320 g/mol. The van der Waals surface area contributed by atoms with Gasteiger partial charge in [-0.05, 0) is 31.1 Å². The Morgan fingerprint density at radius 2 is 2.14 bits per heavy atom. The van der Waals surface area contributed by atoms with E-state index in [0.29, 0.717) is 12.4 Å². The number of hydrogen-bond acceptors (Lipinski definition) is 5. The van der Waals surface area contributed by atoms with Crippen molar-refractivity contribution in [2.75, 3.05) is 12.4 Å². The molecule has 1 heterocycles. The molecule has 0 atom stereocenters. The summed E-state index contributed by atoms with van der Waals surface area (Å²) in [6.07, 6.45) is 3.06. The van der Waals surface area contributed by atoms with Crippen LogP contribution in [0, 0.1) is 0 Å². The van der Waals surface area contributed by atoms with Crippen LogP contribution in [-0.4, -0.2) is 17.5 Å². The highest BCUT2D eigenvalue weighted by atomic mass is 32.2. The Hall–Kier alpha value is -1.59. The van der Waals surface area contributed by atoms with E-state index in [2.05, 4.69) is 6.58 Å². The number of rotatable bonds is 7. The lowest BCUT2D eigenvalue weighted by atomic mass is 10.2. The molecule has 1 aromatic carbocycles. The summed E-state index contributed by atoms with van der Waals surface area (Å²) in [7, 11) is 0. The molecule has 0 amide bonds. The van der Waals surface area contributed by atoms with Gasteiger partial charge >= 0.3 is 0 Å². The second kappa shape index (κ2) is 8.00. The lowest BCUT2D eigenvalue weighted by Gasteiger charge is -2.08. The molecule has 3 nitrogen and oxygen atoms in total. The summed E-state index contributed by atoms with van der Waals surface area (Å²) in [6, 6.07) is 9.27. The number of fused-ring (bicyclic) bond motifs is 1. The predicted octanol–water partition coefficient (Wildman–Crippen LogP) is 3.87. The molecule has 2 rings (SSSR count). The van der Waals surface area contributed by atoms with Gasteiger partial charge in [0.25, 0.3) is 0 Å². The normalized spacial score (nSPS) is 10.5. The SMILES string of the molecule is C=CC(=O)SCCCCOc1cc(=O)sc2ccccc12. The van der Waals surface area contributed by atoms with Gasteiger partial charge in [-0.25, -0.2) is 0 Å². The number of unbranched alkanes of at least 4 members (excludes halogenated alkanes) is 1. The van der Waals surface area contributed by atoms with Crippen LogP contribution >= 0.6 is 23.1 Å². The molecule has 0 bridgehead atoms. The summed E-state index contributed by atoms with van der Waals surface area (Å²) in [6.45, 7) is 3.97. The van der Waals surface area contributed by atoms with Gasteiger partial charge in [-0.2, -0.15) is 0 Å². The summed E-state index contributed by atoms with van der Waals surface area (Å²) < 4.78 is 6.66. The number of ether oxygens (including phenoxy) is 1. The van der Waals surface area contributed by atoms with Gasteiger partial charge in [-0.1, -0.05) is 41.8 Å². The Bertz CT molecular complexity index is 691. The first-order valence-electron chi connectivity index (χ1n) is 6.65. The minimum absolute atomic E-state index is 0.00227. The Balaban J connectivity index is 1.88. The lowest BCUT2D eigenvalue weighted by Crippen LogP contribution is -2.02. The fourth-order valence-corrected chi connectivity index (χ4v) is 3.29. The molecule has 0 aliphatic rings. The van der Waals surface area contributed by atoms with Crippen LogP contribution in [-0.2, 0) is 4.79 Å². The van der Waals surface area contributed by atoms with Crippen LogP contribution in [0.25, 0.3) is 10.1 Å². The molecule has 0 saturated carbocycles. The second-order valence-corrected chi connectivity index (χ2v) is 6.50. The standard InChI is InChI=1S/C16H16O3S2/c1-2-15(17)20-10-6-5-9-19-13-11-16(18)21-14-8-4-3-7-12(13)14/h2-4,7-8,11H,1,5-6,9-10H2. The molecule has 110 valence electrons. The highest BCUT2D eigenvalue weighted by Crippen LogP contribution is 2.26. The van der Waals surface area contributed by atoms with Crippen molar-refractivity contribution in [1.82, 2.24) is 0 Å². The zero-order chi connectivity index (χ0) is 15.1. The fraction of sp³-hybridized carbons (Fsp3) is 0.250. The van der Waals surface area contributed by atoms with E-state index in [-0.39, 0.29) is 9.86 Å². The van der Waals surface area contributed by atoms with Gasteiger partial charge in [0.1, 0.15) is 5.75 Å². The van der Waals surface area contributed by atoms with Crippen LogP contribution < -0.4 is 9.48 Å². The highest BCUT2D eigenvalue weighted by Gasteiger charge is 2.04. The Labute approximate surface area is 131 Å². The average Bonchev–Trinajstić information content (AvgIpc) is 2.50. The monoisotopic (exact) mass is 320 g/mol. The molecule has 2 aromatic rings. The number of carbonyl (C=O) groups is 1. The van der Waals surface area contributed by atoms with Gasteiger partial charge in [0.15, 0.2) is 0 Å². The van der Waals surface area contributed by atoms with E-state index in [0.717, 1.165) is 28.7 Å². The molecule has 0 saturated heterocycles. The van der Waals surface area contributed by atoms with Crippen LogP contribution in [0.4, 0.5) is 0 Å². The second-order valence-electron chi connectivity index (χ2n) is 4.35. The minimum atomic E-state index is -0.00386. The van der Waals surface area contributed by atoms with Gasteiger partial charge in [-0.15, -0.1) is 0 Å². The predicted molar refractivity (Wildman–Crippen MR) is 90.5 cm³/mol. The van der Waals surface area contributed by atoms with Crippen LogP contribution in [0.15, 0.2) is 47.8 Å². The third-order valence-electron chi connectivity index (χ3n) is 2.82. The first-order valence-corrected chi connectivity index (χ1v) is 8.46. The fourth-order valence-electron chi connectivity index (χ4n) is 1.82. The molecular formula is C16H16O3S2. The van der Waals surface area contributed by atoms with Crippen molar-refractivity contribution in [2.45, 2.75) is 12.8 Å². The van der Waals surface area contributed by atoms with Crippen molar-refractivity contribution in [1.29, 1.82) is 0 Å². The van der Waals surface area contributed by atoms with Crippen molar-refractivity contribution in [3.8, 4) is 5.75 Å². The Morgan fingerprint density at radius 1 is 1.33 bits per heavy atom. The molecular weight excluding hydrogens is 304 g/mol. The largest absolute Gasteiger partial charge is 0.493 e. The van der Waals surface area contributed by atoms with Gasteiger partial charge in [-0.3, -0.25) is 9.59 Å². The molecule has 5 heteroatoms. The van der Waals surface area contributed by atoms with Gasteiger partial charge in [0.2, 0.25) is 9.86 Å². The summed E-state index contributed by atoms with van der Waals surface area (Å²) in [5.41, 5.74) is 0. The Morgan fingerprint density at radius 3 is 2.95 bits per heavy atom. The zero-order valence-electron chi connectivity index (χ0n) is 11.5. The number of benzene rings is 1. The van der Waals surface area contributed by atoms with Crippen molar-refractivity contribution in [3.63, 3.8) is 0 Å². The van der Waals surface area contributed by atoms with Gasteiger partial charge in [0.05, 0.1) is 6.61 Å². The van der Waals surface area contributed by atoms with Gasteiger partial charge < -0.3 is 4.74 Å². The first-order chi connectivity index (χ1) is 10.2. The molecule has 0 N–H and O–H groups in total. The maximum absolute atomic E-state index is 11.6. The molecule has 0 radical (unpaired) electrons. The van der Waals surface area contributed by atoms with Crippen molar-refractivity contribution >= 4 is 38.3 Å². The van der Waals surface area contributed by atoms with E-state index in [1.165, 1.54) is 29.2 Å². The summed E-state index contributed by atoms with van der Waals surface area (Å²) >= 11 is 2.49. The van der Waals surface area contributed by atoms with Crippen LogP contribution in [0.1, 0.15) is 12.8 Å². The van der Waals surface area contributed by atoms with E-state index in [1.807, 2.05) is 24.3 Å². The molecule has 1 aromatic heterocycles. The third kappa shape index (κ3) is 4.72. The van der Waals surface area contributed by atoms with E-state index in [4.69, 9.17) is 4.74 Å². The third-order valence-corrected chi connectivity index (χ3v) is 4.66. The lowest BCUT2D eigenvalue weighted by molar-refractivity contribution is -0.107. The minimum Gasteiger partial charge on any atom is -0.493 e. The zero-order valence-corrected chi connectivity index (χ0v) is 13.2. The van der Waals surface area contributed by atoms with Crippen LogP contribution in [0.2, 0.25) is 0 Å². The van der Waals surface area contributed by atoms with Crippen LogP contribution in [0.3, 0.4) is 0 Å². The van der Waals surface area contributed by atoms with E-state index in [1.54, 1.807) is 6.07 Å². The number of carbonyl (C=O) groups excluding carboxylic acids is 1. The molecule has 21 heavy (non-hydrogen) atoms. The molecule has 0 aliphatic carbocycles. The van der Waals surface area contributed by atoms with E-state index >= 15 is 0 Å². The summed E-state index contributed by atoms with van der Waals surface area (Å²) in [5.74, 6) is 1.41. The smallest absolute Gasteiger partial charge is 0.236 e. The van der Waals surface area contributed by atoms with Crippen molar-refractivity contribution in [2.24, 2.45) is 0 Å². The molecule has 0 unspecified atom stereocenters. The van der Waals surface area contributed by atoms with Crippen LogP contribution in [0.5, 0.6) is 5.75 Å². The molecule has 0 aliphatic heterocycles. The summed E-state index contributed by atoms with van der Waals surface area (Å²) in [4.78, 5) is 22.7. The maximum Gasteiger partial charge on any atom is 0.236 e. The molecule has 0 fully saturated rings. The first kappa shape index (κ1) is 15.8. The summed E-state index contributed by atoms with van der Waals surface area (Å²) in [5, 5.41) is 0.973. The Kier molecular flexibility index (Phi) is 6.02. The maximum atomic E-state index is 11.6. The van der Waals surface area contributed by atoms with Crippen molar-refractivity contribution in [3.05, 3.63) is 52.5 Å². The van der Waals surface area contributed by atoms with Crippen molar-refractivity contribution < 1.29 is 9.53 Å². The van der Waals surface area contributed by atoms with Gasteiger partial charge in [0, 0.05) is 21.9 Å².